The highest BCUT2D eigenvalue weighted by molar-refractivity contribution is 8.18. The number of allylic oxidation sites excluding steroid dienone is 2. The zero-order valence-electron chi connectivity index (χ0n) is 16.1. The summed E-state index contributed by atoms with van der Waals surface area (Å²) < 4.78 is 0. The molecule has 2 aliphatic rings. The molecule has 0 spiro atoms. The SMILES string of the molecule is CCN1C(=O)C(=CC=C2Sc3ccc(Cl)cc3N2C)SC1=NCc1ccccc1. The zero-order valence-corrected chi connectivity index (χ0v) is 18.5. The van der Waals surface area contributed by atoms with Crippen LogP contribution in [0.25, 0.3) is 0 Å². The minimum atomic E-state index is 0.00682. The van der Waals surface area contributed by atoms with Gasteiger partial charge in [-0.25, -0.2) is 0 Å². The number of thioether (sulfide) groups is 2. The number of carbonyl (C=O) groups is 1. The van der Waals surface area contributed by atoms with Gasteiger partial charge in [-0.1, -0.05) is 53.7 Å². The Balaban J connectivity index is 1.53. The predicted octanol–water partition coefficient (Wildman–Crippen LogP) is 5.76. The Labute approximate surface area is 184 Å². The molecule has 0 N–H and O–H groups in total. The second-order valence-electron chi connectivity index (χ2n) is 6.54. The Bertz CT molecular complexity index is 1030. The average Bonchev–Trinajstić information content (AvgIpc) is 3.21. The molecule has 4 rings (SSSR count). The van der Waals surface area contributed by atoms with Gasteiger partial charge < -0.3 is 4.90 Å². The molecule has 0 radical (unpaired) electrons. The highest BCUT2D eigenvalue weighted by Gasteiger charge is 2.32. The fourth-order valence-electron chi connectivity index (χ4n) is 3.09. The van der Waals surface area contributed by atoms with Crippen LogP contribution in [-0.4, -0.2) is 29.6 Å². The van der Waals surface area contributed by atoms with Gasteiger partial charge in [-0.05, 0) is 54.6 Å². The summed E-state index contributed by atoms with van der Waals surface area (Å²) in [7, 11) is 2.01. The fourth-order valence-corrected chi connectivity index (χ4v) is 5.27. The number of nitrogens with zero attached hydrogens (tertiary/aromatic N) is 3. The highest BCUT2D eigenvalue weighted by atomic mass is 35.5. The van der Waals surface area contributed by atoms with E-state index in [0.29, 0.717) is 18.0 Å². The maximum Gasteiger partial charge on any atom is 0.266 e. The molecule has 0 atom stereocenters. The number of amidine groups is 1. The first-order valence-electron chi connectivity index (χ1n) is 9.28. The molecule has 29 heavy (non-hydrogen) atoms. The van der Waals surface area contributed by atoms with Crippen LogP contribution in [0.15, 0.2) is 80.5 Å². The number of anilines is 1. The van der Waals surface area contributed by atoms with E-state index in [1.807, 2.05) is 74.7 Å². The van der Waals surface area contributed by atoms with Crippen molar-refractivity contribution < 1.29 is 4.79 Å². The molecule has 1 saturated heterocycles. The van der Waals surface area contributed by atoms with Crippen LogP contribution >= 0.6 is 35.1 Å². The average molecular weight is 442 g/mol. The number of benzene rings is 2. The molecule has 7 heteroatoms. The van der Waals surface area contributed by atoms with Gasteiger partial charge in [-0.2, -0.15) is 0 Å². The summed E-state index contributed by atoms with van der Waals surface area (Å²) in [5.41, 5.74) is 2.21. The number of rotatable bonds is 4. The topological polar surface area (TPSA) is 35.9 Å². The molecule has 1 amide bonds. The summed E-state index contributed by atoms with van der Waals surface area (Å²) in [4.78, 5) is 23.1. The van der Waals surface area contributed by atoms with Gasteiger partial charge >= 0.3 is 0 Å². The Morgan fingerprint density at radius 2 is 1.90 bits per heavy atom. The third kappa shape index (κ3) is 4.25. The molecule has 0 unspecified atom stereocenters. The molecule has 0 aromatic heterocycles. The van der Waals surface area contributed by atoms with Crippen molar-refractivity contribution in [3.63, 3.8) is 0 Å². The lowest BCUT2D eigenvalue weighted by Crippen LogP contribution is -2.28. The van der Waals surface area contributed by atoms with Crippen LogP contribution in [-0.2, 0) is 11.3 Å². The molecule has 1 fully saturated rings. The van der Waals surface area contributed by atoms with Crippen LogP contribution in [0.4, 0.5) is 5.69 Å². The Morgan fingerprint density at radius 3 is 2.66 bits per heavy atom. The van der Waals surface area contributed by atoms with Gasteiger partial charge in [0.05, 0.1) is 22.2 Å². The second-order valence-corrected chi connectivity index (χ2v) is 9.05. The summed E-state index contributed by atoms with van der Waals surface area (Å²) in [5.74, 6) is 0.00682. The van der Waals surface area contributed by atoms with Gasteiger partial charge in [0.25, 0.3) is 5.91 Å². The number of carbonyl (C=O) groups excluding carboxylic acids is 1. The number of likely N-dealkylation sites (N-methyl/N-ethyl adjacent to an activating group) is 1. The molecule has 0 aliphatic carbocycles. The normalized spacial score (nSPS) is 20.4. The third-order valence-corrected chi connectivity index (χ3v) is 7.13. The number of halogens is 1. The maximum absolute atomic E-state index is 12.8. The van der Waals surface area contributed by atoms with Crippen LogP contribution in [0, 0.1) is 0 Å². The number of fused-ring (bicyclic) bond motifs is 1. The van der Waals surface area contributed by atoms with Crippen LogP contribution in [0.3, 0.4) is 0 Å². The van der Waals surface area contributed by atoms with Gasteiger partial charge in [0.2, 0.25) is 0 Å². The van der Waals surface area contributed by atoms with E-state index in [2.05, 4.69) is 9.89 Å². The quantitative estimate of drug-likeness (QED) is 0.565. The van der Waals surface area contributed by atoms with Gasteiger partial charge in [0.1, 0.15) is 0 Å². The minimum Gasteiger partial charge on any atom is -0.338 e. The van der Waals surface area contributed by atoms with Gasteiger partial charge in [0.15, 0.2) is 5.17 Å². The molecule has 2 aromatic rings. The first-order chi connectivity index (χ1) is 14.1. The third-order valence-electron chi connectivity index (χ3n) is 4.65. The number of aliphatic imine (C=N–C) groups is 1. The summed E-state index contributed by atoms with van der Waals surface area (Å²) in [6.45, 7) is 3.14. The van der Waals surface area contributed by atoms with Crippen molar-refractivity contribution in [1.29, 1.82) is 0 Å². The van der Waals surface area contributed by atoms with Crippen molar-refractivity contribution in [2.75, 3.05) is 18.5 Å². The first kappa shape index (κ1) is 20.1. The molecule has 2 heterocycles. The van der Waals surface area contributed by atoms with Crippen LogP contribution in [0.1, 0.15) is 12.5 Å². The van der Waals surface area contributed by atoms with Crippen LogP contribution < -0.4 is 4.90 Å². The van der Waals surface area contributed by atoms with Crippen LogP contribution in [0.2, 0.25) is 5.02 Å². The largest absolute Gasteiger partial charge is 0.338 e. The summed E-state index contributed by atoms with van der Waals surface area (Å²) >= 11 is 9.23. The highest BCUT2D eigenvalue weighted by Crippen LogP contribution is 2.46. The van der Waals surface area contributed by atoms with E-state index in [0.717, 1.165) is 31.4 Å². The molecule has 148 valence electrons. The monoisotopic (exact) mass is 441 g/mol. The van der Waals surface area contributed by atoms with Crippen molar-refractivity contribution in [2.24, 2.45) is 4.99 Å². The molecular formula is C22H20ClN3OS2. The van der Waals surface area contributed by atoms with Gasteiger partial charge in [-0.3, -0.25) is 14.7 Å². The summed E-state index contributed by atoms with van der Waals surface area (Å²) in [6, 6.07) is 15.9. The van der Waals surface area contributed by atoms with Gasteiger partial charge in [0, 0.05) is 23.5 Å². The molecule has 0 bridgehead atoms. The number of hydrogen-bond acceptors (Lipinski definition) is 5. The summed E-state index contributed by atoms with van der Waals surface area (Å²) in [5, 5.41) is 2.53. The van der Waals surface area contributed by atoms with E-state index in [1.54, 1.807) is 16.7 Å². The standard InChI is InChI=1S/C22H20ClN3OS2/c1-3-26-21(27)19(29-22(26)24-14-15-7-5-4-6-8-15)11-12-20-25(2)17-13-16(23)9-10-18(17)28-20/h4-13H,3,14H2,1-2H3. The minimum absolute atomic E-state index is 0.00682. The molecule has 2 aliphatic heterocycles. The Kier molecular flexibility index (Phi) is 6.04. The number of amides is 1. The molecule has 0 saturated carbocycles. The van der Waals surface area contributed by atoms with E-state index in [-0.39, 0.29) is 5.91 Å². The predicted molar refractivity (Wildman–Crippen MR) is 124 cm³/mol. The van der Waals surface area contributed by atoms with Crippen molar-refractivity contribution in [2.45, 2.75) is 18.4 Å². The molecule has 2 aromatic carbocycles. The van der Waals surface area contributed by atoms with Crippen molar-refractivity contribution in [1.82, 2.24) is 4.90 Å². The van der Waals surface area contributed by atoms with Gasteiger partial charge in [-0.15, -0.1) is 0 Å². The lowest BCUT2D eigenvalue weighted by atomic mass is 10.2. The summed E-state index contributed by atoms with van der Waals surface area (Å²) in [6.07, 6.45) is 3.89. The van der Waals surface area contributed by atoms with E-state index in [9.17, 15) is 4.79 Å². The second kappa shape index (κ2) is 8.69. The van der Waals surface area contributed by atoms with E-state index >= 15 is 0 Å². The van der Waals surface area contributed by atoms with Crippen LogP contribution in [0.5, 0.6) is 0 Å². The lowest BCUT2D eigenvalue weighted by Gasteiger charge is -2.13. The van der Waals surface area contributed by atoms with Crippen molar-refractivity contribution >= 4 is 51.9 Å². The maximum atomic E-state index is 12.8. The molecular weight excluding hydrogens is 422 g/mol. The lowest BCUT2D eigenvalue weighted by molar-refractivity contribution is -0.122. The van der Waals surface area contributed by atoms with E-state index in [1.165, 1.54) is 11.8 Å². The van der Waals surface area contributed by atoms with Crippen molar-refractivity contribution in [3.05, 3.63) is 81.2 Å². The molecule has 4 nitrogen and oxygen atoms in total. The smallest absolute Gasteiger partial charge is 0.266 e. The zero-order chi connectivity index (χ0) is 20.4. The van der Waals surface area contributed by atoms with Crippen molar-refractivity contribution in [3.8, 4) is 0 Å². The van der Waals surface area contributed by atoms with E-state index < -0.39 is 0 Å². The van der Waals surface area contributed by atoms with E-state index in [4.69, 9.17) is 11.6 Å². The fraction of sp³-hybridized carbons (Fsp3) is 0.182. The number of hydrogen-bond donors (Lipinski definition) is 0. The Morgan fingerprint density at radius 1 is 1.10 bits per heavy atom. The Hall–Kier alpha value is -2.15. The first-order valence-corrected chi connectivity index (χ1v) is 11.3.